The van der Waals surface area contributed by atoms with E-state index >= 15 is 0 Å². The molecule has 0 aromatic carbocycles. The molecule has 2 aromatic rings. The van der Waals surface area contributed by atoms with Gasteiger partial charge in [-0.2, -0.15) is 0 Å². The second-order valence-electron chi connectivity index (χ2n) is 2.05. The summed E-state index contributed by atoms with van der Waals surface area (Å²) in [6.45, 7) is 0. The number of pyridine rings is 2. The second kappa shape index (κ2) is 16.2. The van der Waals surface area contributed by atoms with Crippen molar-refractivity contribution in [1.82, 2.24) is 9.97 Å². The summed E-state index contributed by atoms with van der Waals surface area (Å²) in [5.41, 5.74) is 0. The molecule has 0 fully saturated rings. The number of hydrogen-bond acceptors (Lipinski definition) is 2. The van der Waals surface area contributed by atoms with E-state index in [2.05, 4.69) is 9.97 Å². The molecule has 0 aliphatic carbocycles. The fraction of sp³-hybridized carbons (Fsp3) is 0. The van der Waals surface area contributed by atoms with Gasteiger partial charge in [0.05, 0.1) is 0 Å². The Morgan fingerprint density at radius 3 is 0.800 bits per heavy atom. The molecule has 0 aliphatic heterocycles. The van der Waals surface area contributed by atoms with Crippen molar-refractivity contribution < 1.29 is 51.0 Å². The van der Waals surface area contributed by atoms with E-state index < -0.39 is 0 Å². The summed E-state index contributed by atoms with van der Waals surface area (Å²) in [6.07, 6.45) is 7.00. The molecule has 0 saturated carbocycles. The van der Waals surface area contributed by atoms with Crippen LogP contribution in [0.25, 0.3) is 0 Å². The molecule has 0 saturated heterocycles. The molecule has 0 N–H and O–H groups in total. The number of hydrogen-bond donors (Lipinski definition) is 0. The molecule has 0 amide bonds. The minimum absolute atomic E-state index is 0. The molecule has 2 rings (SSSR count). The van der Waals surface area contributed by atoms with Gasteiger partial charge >= 0.3 is 17.1 Å². The second-order valence-corrected chi connectivity index (χ2v) is 2.05. The van der Waals surface area contributed by atoms with Crippen LogP contribution in [0, 0.1) is 0 Å². The molecule has 85 valence electrons. The zero-order valence-corrected chi connectivity index (χ0v) is 11.8. The molecule has 0 atom stereocenters. The first kappa shape index (κ1) is 20.2. The summed E-state index contributed by atoms with van der Waals surface area (Å²) in [6, 6.07) is 11.4. The molecule has 2 heterocycles. The van der Waals surface area contributed by atoms with E-state index in [9.17, 15) is 0 Å². The van der Waals surface area contributed by atoms with Gasteiger partial charge in [0.2, 0.25) is 0 Å². The predicted molar refractivity (Wildman–Crippen MR) is 48.5 cm³/mol. The minimum Gasteiger partial charge on any atom is -1.00 e. The van der Waals surface area contributed by atoms with Gasteiger partial charge in [0.25, 0.3) is 0 Å². The van der Waals surface area contributed by atoms with E-state index in [-0.39, 0.29) is 51.0 Å². The van der Waals surface area contributed by atoms with Gasteiger partial charge in [0.1, 0.15) is 0 Å². The summed E-state index contributed by atoms with van der Waals surface area (Å²) in [5, 5.41) is 0. The van der Waals surface area contributed by atoms with Crippen LogP contribution in [0.2, 0.25) is 0 Å². The van der Waals surface area contributed by atoms with Gasteiger partial charge in [-0.05, 0) is 24.3 Å². The molecule has 5 heteroatoms. The van der Waals surface area contributed by atoms with Crippen LogP contribution in [-0.4, -0.2) is 9.97 Å². The number of halogens is 2. The SMILES string of the molecule is [Br-].[Br-].[Cu+2].c1ccncc1.c1ccncc1. The molecule has 0 unspecified atom stereocenters. The van der Waals surface area contributed by atoms with Gasteiger partial charge in [-0.25, -0.2) is 0 Å². The molecule has 0 aliphatic rings. The Kier molecular flexibility index (Phi) is 21.9. The first-order valence-corrected chi connectivity index (χ1v) is 3.70. The maximum absolute atomic E-state index is 3.78. The molecule has 0 bridgehead atoms. The fourth-order valence-corrected chi connectivity index (χ4v) is 0.625. The van der Waals surface area contributed by atoms with Crippen molar-refractivity contribution in [3.8, 4) is 0 Å². The topological polar surface area (TPSA) is 25.8 Å². The smallest absolute Gasteiger partial charge is 1.00 e. The zero-order chi connectivity index (χ0) is 8.49. The Morgan fingerprint density at radius 2 is 0.733 bits per heavy atom. The Bertz CT molecular complexity index is 197. The first-order valence-electron chi connectivity index (χ1n) is 3.70. The van der Waals surface area contributed by atoms with Gasteiger partial charge < -0.3 is 34.0 Å². The fourth-order valence-electron chi connectivity index (χ4n) is 0.625. The molecular formula is C10H10Br2CuN2. The maximum atomic E-state index is 3.78. The molecular weight excluding hydrogens is 371 g/mol. The monoisotopic (exact) mass is 379 g/mol. The van der Waals surface area contributed by atoms with Crippen LogP contribution in [0.15, 0.2) is 61.2 Å². The molecule has 0 spiro atoms. The summed E-state index contributed by atoms with van der Waals surface area (Å²) in [5.74, 6) is 0. The van der Waals surface area contributed by atoms with E-state index in [0.29, 0.717) is 0 Å². The molecule has 2 aromatic heterocycles. The third-order valence-electron chi connectivity index (χ3n) is 1.13. The zero-order valence-electron chi connectivity index (χ0n) is 7.73. The van der Waals surface area contributed by atoms with E-state index in [1.54, 1.807) is 24.8 Å². The Morgan fingerprint density at radius 1 is 0.467 bits per heavy atom. The largest absolute Gasteiger partial charge is 2.00 e. The van der Waals surface area contributed by atoms with Crippen LogP contribution >= 0.6 is 0 Å². The third-order valence-corrected chi connectivity index (χ3v) is 1.13. The van der Waals surface area contributed by atoms with Gasteiger partial charge in [0, 0.05) is 24.8 Å². The number of aromatic nitrogens is 2. The average Bonchev–Trinajstić information content (AvgIpc) is 2.24. The van der Waals surface area contributed by atoms with Gasteiger partial charge in [-0.3, -0.25) is 9.97 Å². The van der Waals surface area contributed by atoms with Crippen molar-refractivity contribution in [1.29, 1.82) is 0 Å². The van der Waals surface area contributed by atoms with Crippen LogP contribution in [-0.2, 0) is 17.1 Å². The van der Waals surface area contributed by atoms with Crippen molar-refractivity contribution in [2.45, 2.75) is 0 Å². The number of nitrogens with zero attached hydrogens (tertiary/aromatic N) is 2. The first-order chi connectivity index (χ1) is 6.00. The number of rotatable bonds is 0. The molecule has 15 heavy (non-hydrogen) atoms. The quantitative estimate of drug-likeness (QED) is 0.437. The van der Waals surface area contributed by atoms with Crippen LogP contribution in [0.5, 0.6) is 0 Å². The minimum atomic E-state index is 0. The standard InChI is InChI=1S/2C5H5N.2BrH.Cu/c2*1-2-4-6-5-3-1;;;/h2*1-5H;2*1H;/q;;;;+2/p-2. The van der Waals surface area contributed by atoms with Crippen LogP contribution < -0.4 is 34.0 Å². The van der Waals surface area contributed by atoms with Gasteiger partial charge in [0.15, 0.2) is 0 Å². The van der Waals surface area contributed by atoms with Crippen molar-refractivity contribution >= 4 is 0 Å². The predicted octanol–water partition coefficient (Wildman–Crippen LogP) is -3.83. The summed E-state index contributed by atoms with van der Waals surface area (Å²) in [4.78, 5) is 7.57. The van der Waals surface area contributed by atoms with E-state index in [1.807, 2.05) is 36.4 Å². The summed E-state index contributed by atoms with van der Waals surface area (Å²) >= 11 is 0. The van der Waals surface area contributed by atoms with Gasteiger partial charge in [-0.15, -0.1) is 0 Å². The third kappa shape index (κ3) is 13.8. The molecule has 2 nitrogen and oxygen atoms in total. The van der Waals surface area contributed by atoms with Crippen LogP contribution in [0.3, 0.4) is 0 Å². The Balaban J connectivity index is -0.000000160. The van der Waals surface area contributed by atoms with E-state index in [4.69, 9.17) is 0 Å². The maximum Gasteiger partial charge on any atom is 2.00 e. The van der Waals surface area contributed by atoms with E-state index in [1.165, 1.54) is 0 Å². The Labute approximate surface area is 122 Å². The average molecular weight is 382 g/mol. The van der Waals surface area contributed by atoms with Crippen molar-refractivity contribution in [2.24, 2.45) is 0 Å². The van der Waals surface area contributed by atoms with Crippen molar-refractivity contribution in [2.75, 3.05) is 0 Å². The van der Waals surface area contributed by atoms with E-state index in [0.717, 1.165) is 0 Å². The normalized spacial score (nSPS) is 6.40. The Hall–Kier alpha value is -0.221. The van der Waals surface area contributed by atoms with Crippen molar-refractivity contribution in [3.05, 3.63) is 61.2 Å². The summed E-state index contributed by atoms with van der Waals surface area (Å²) < 4.78 is 0. The van der Waals surface area contributed by atoms with Crippen LogP contribution in [0.4, 0.5) is 0 Å². The van der Waals surface area contributed by atoms with Crippen molar-refractivity contribution in [3.63, 3.8) is 0 Å². The molecule has 1 radical (unpaired) electrons. The summed E-state index contributed by atoms with van der Waals surface area (Å²) in [7, 11) is 0. The van der Waals surface area contributed by atoms with Crippen LogP contribution in [0.1, 0.15) is 0 Å². The van der Waals surface area contributed by atoms with Gasteiger partial charge in [-0.1, -0.05) is 12.1 Å².